The van der Waals surface area contributed by atoms with E-state index in [1.165, 1.54) is 43.5 Å². The molecule has 2 rings (SSSR count). The van der Waals surface area contributed by atoms with Gasteiger partial charge in [0.25, 0.3) is 0 Å². The highest BCUT2D eigenvalue weighted by molar-refractivity contribution is 5.85. The van der Waals surface area contributed by atoms with E-state index < -0.39 is 0 Å². The van der Waals surface area contributed by atoms with E-state index in [1.54, 1.807) is 0 Å². The summed E-state index contributed by atoms with van der Waals surface area (Å²) in [5.41, 5.74) is 2.53. The van der Waals surface area contributed by atoms with Crippen molar-refractivity contribution in [3.8, 4) is 5.75 Å². The molecule has 0 heterocycles. The molecule has 0 aromatic heterocycles. The maximum Gasteiger partial charge on any atom is 0.119 e. The lowest BCUT2D eigenvalue weighted by atomic mass is 9.86. The molecule has 0 bridgehead atoms. The van der Waals surface area contributed by atoms with Crippen LogP contribution in [-0.2, 0) is 12.8 Å². The molecule has 0 spiro atoms. The van der Waals surface area contributed by atoms with Crippen LogP contribution < -0.4 is 0 Å². The molecule has 0 aliphatic heterocycles. The molecule has 0 radical (unpaired) electrons. The number of rotatable bonds is 5. The SMILES string of the molecule is CCCN(CCC)[C@H]1CCc2c(O)cccc2C1.Cl. The van der Waals surface area contributed by atoms with Crippen LogP contribution in [0.3, 0.4) is 0 Å². The maximum absolute atomic E-state index is 9.87. The van der Waals surface area contributed by atoms with Gasteiger partial charge >= 0.3 is 0 Å². The highest BCUT2D eigenvalue weighted by Crippen LogP contribution is 2.30. The molecule has 3 heteroatoms. The first kappa shape index (κ1) is 16.3. The number of hydrogen-bond acceptors (Lipinski definition) is 2. The number of aromatic hydroxyl groups is 1. The van der Waals surface area contributed by atoms with E-state index in [0.29, 0.717) is 11.8 Å². The Labute approximate surface area is 123 Å². The van der Waals surface area contributed by atoms with Gasteiger partial charge in [0.15, 0.2) is 0 Å². The Balaban J connectivity index is 0.00000180. The molecule has 0 saturated carbocycles. The van der Waals surface area contributed by atoms with E-state index in [4.69, 9.17) is 0 Å². The van der Waals surface area contributed by atoms with Crippen molar-refractivity contribution in [2.24, 2.45) is 0 Å². The summed E-state index contributed by atoms with van der Waals surface area (Å²) >= 11 is 0. The van der Waals surface area contributed by atoms with E-state index >= 15 is 0 Å². The fraction of sp³-hybridized carbons (Fsp3) is 0.625. The second kappa shape index (κ2) is 7.76. The van der Waals surface area contributed by atoms with Crippen molar-refractivity contribution in [3.63, 3.8) is 0 Å². The van der Waals surface area contributed by atoms with Gasteiger partial charge in [-0.3, -0.25) is 0 Å². The summed E-state index contributed by atoms with van der Waals surface area (Å²) in [6.45, 7) is 6.91. The minimum absolute atomic E-state index is 0. The number of fused-ring (bicyclic) bond motifs is 1. The van der Waals surface area contributed by atoms with Crippen LogP contribution in [0.25, 0.3) is 0 Å². The quantitative estimate of drug-likeness (QED) is 0.889. The highest BCUT2D eigenvalue weighted by Gasteiger charge is 2.24. The second-order valence-electron chi connectivity index (χ2n) is 5.35. The zero-order valence-electron chi connectivity index (χ0n) is 12.1. The number of phenols is 1. The van der Waals surface area contributed by atoms with Gasteiger partial charge in [0.1, 0.15) is 5.75 Å². The Morgan fingerprint density at radius 3 is 2.53 bits per heavy atom. The first-order valence-corrected chi connectivity index (χ1v) is 7.30. The summed E-state index contributed by atoms with van der Waals surface area (Å²) in [5.74, 6) is 0.489. The largest absolute Gasteiger partial charge is 0.508 e. The molecule has 1 aromatic carbocycles. The number of hydrogen-bond donors (Lipinski definition) is 1. The molecule has 1 N–H and O–H groups in total. The van der Waals surface area contributed by atoms with Crippen LogP contribution >= 0.6 is 12.4 Å². The average molecular weight is 284 g/mol. The van der Waals surface area contributed by atoms with Crippen molar-refractivity contribution in [2.45, 2.75) is 52.0 Å². The molecule has 1 aliphatic rings. The molecule has 0 fully saturated rings. The van der Waals surface area contributed by atoms with Crippen LogP contribution in [0.4, 0.5) is 0 Å². The summed E-state index contributed by atoms with van der Waals surface area (Å²) in [5, 5.41) is 9.87. The smallest absolute Gasteiger partial charge is 0.119 e. The topological polar surface area (TPSA) is 23.5 Å². The number of halogens is 1. The van der Waals surface area contributed by atoms with Crippen LogP contribution in [0.5, 0.6) is 5.75 Å². The lowest BCUT2D eigenvalue weighted by molar-refractivity contribution is 0.179. The molecule has 0 saturated heterocycles. The zero-order valence-corrected chi connectivity index (χ0v) is 12.9. The van der Waals surface area contributed by atoms with Gasteiger partial charge < -0.3 is 10.0 Å². The zero-order chi connectivity index (χ0) is 13.0. The molecular formula is C16H26ClNO. The summed E-state index contributed by atoms with van der Waals surface area (Å²) in [6, 6.07) is 6.63. The van der Waals surface area contributed by atoms with Crippen molar-refractivity contribution in [1.29, 1.82) is 0 Å². The van der Waals surface area contributed by atoms with E-state index in [2.05, 4.69) is 24.8 Å². The second-order valence-corrected chi connectivity index (χ2v) is 5.35. The third-order valence-corrected chi connectivity index (χ3v) is 3.97. The van der Waals surface area contributed by atoms with Crippen molar-refractivity contribution in [1.82, 2.24) is 4.90 Å². The lowest BCUT2D eigenvalue weighted by Gasteiger charge is -2.35. The molecule has 1 aliphatic carbocycles. The normalized spacial score (nSPS) is 17.9. The van der Waals surface area contributed by atoms with E-state index in [9.17, 15) is 5.11 Å². The van der Waals surface area contributed by atoms with E-state index in [-0.39, 0.29) is 12.4 Å². The van der Waals surface area contributed by atoms with E-state index in [1.807, 2.05) is 12.1 Å². The third-order valence-electron chi connectivity index (χ3n) is 3.97. The van der Waals surface area contributed by atoms with Crippen LogP contribution in [-0.4, -0.2) is 29.1 Å². The molecule has 1 atom stereocenters. The van der Waals surface area contributed by atoms with Gasteiger partial charge in [-0.15, -0.1) is 12.4 Å². The van der Waals surface area contributed by atoms with Crippen molar-refractivity contribution in [2.75, 3.05) is 13.1 Å². The molecule has 1 aromatic rings. The third kappa shape index (κ3) is 3.87. The summed E-state index contributed by atoms with van der Waals surface area (Å²) in [6.07, 6.45) is 5.76. The fourth-order valence-corrected chi connectivity index (χ4v) is 3.13. The Morgan fingerprint density at radius 2 is 1.89 bits per heavy atom. The Kier molecular flexibility index (Phi) is 6.67. The predicted octanol–water partition coefficient (Wildman–Crippen LogP) is 3.79. The highest BCUT2D eigenvalue weighted by atomic mass is 35.5. The van der Waals surface area contributed by atoms with Crippen molar-refractivity contribution in [3.05, 3.63) is 29.3 Å². The van der Waals surface area contributed by atoms with Crippen LogP contribution in [0.2, 0.25) is 0 Å². The van der Waals surface area contributed by atoms with Gasteiger partial charge in [-0.1, -0.05) is 26.0 Å². The first-order valence-electron chi connectivity index (χ1n) is 7.30. The van der Waals surface area contributed by atoms with Crippen LogP contribution in [0.15, 0.2) is 18.2 Å². The van der Waals surface area contributed by atoms with Gasteiger partial charge in [0.05, 0.1) is 0 Å². The summed E-state index contributed by atoms with van der Waals surface area (Å²) < 4.78 is 0. The van der Waals surface area contributed by atoms with Crippen LogP contribution in [0, 0.1) is 0 Å². The summed E-state index contributed by atoms with van der Waals surface area (Å²) in [4.78, 5) is 2.63. The molecule has 0 amide bonds. The van der Waals surface area contributed by atoms with E-state index in [0.717, 1.165) is 12.8 Å². The monoisotopic (exact) mass is 283 g/mol. The number of benzene rings is 1. The number of nitrogens with zero attached hydrogens (tertiary/aromatic N) is 1. The van der Waals surface area contributed by atoms with Crippen LogP contribution in [0.1, 0.15) is 44.2 Å². The summed E-state index contributed by atoms with van der Waals surface area (Å²) in [7, 11) is 0. The van der Waals surface area contributed by atoms with Gasteiger partial charge in [-0.05, 0) is 62.4 Å². The minimum Gasteiger partial charge on any atom is -0.508 e. The molecule has 19 heavy (non-hydrogen) atoms. The predicted molar refractivity (Wildman–Crippen MR) is 83.3 cm³/mol. The average Bonchev–Trinajstić information content (AvgIpc) is 2.38. The molecule has 108 valence electrons. The van der Waals surface area contributed by atoms with Crippen molar-refractivity contribution < 1.29 is 5.11 Å². The standard InChI is InChI=1S/C16H25NO.ClH/c1-3-10-17(11-4-2)14-8-9-15-13(12-14)6-5-7-16(15)18;/h5-7,14,18H,3-4,8-12H2,1-2H3;1H/t14-;/m0./s1. The Bertz CT molecular complexity index is 388. The lowest BCUT2D eigenvalue weighted by Crippen LogP contribution is -2.40. The van der Waals surface area contributed by atoms with Crippen molar-refractivity contribution >= 4 is 12.4 Å². The molecule has 2 nitrogen and oxygen atoms in total. The van der Waals surface area contributed by atoms with Gasteiger partial charge in [-0.2, -0.15) is 0 Å². The van der Waals surface area contributed by atoms with Gasteiger partial charge in [-0.25, -0.2) is 0 Å². The minimum atomic E-state index is 0. The van der Waals surface area contributed by atoms with Gasteiger partial charge in [0, 0.05) is 6.04 Å². The van der Waals surface area contributed by atoms with Gasteiger partial charge in [0.2, 0.25) is 0 Å². The number of phenolic OH excluding ortho intramolecular Hbond substituents is 1. The first-order chi connectivity index (χ1) is 8.76. The Morgan fingerprint density at radius 1 is 1.21 bits per heavy atom. The molecular weight excluding hydrogens is 258 g/mol. The maximum atomic E-state index is 9.87. The fourth-order valence-electron chi connectivity index (χ4n) is 3.13. The Hall–Kier alpha value is -0.730. The molecule has 0 unspecified atom stereocenters.